The molecule has 2 aromatic carbocycles. The molecule has 0 saturated heterocycles. The highest BCUT2D eigenvalue weighted by atomic mass is 31.1. The first-order valence-corrected chi connectivity index (χ1v) is 14.5. The molecule has 0 bridgehead atoms. The van der Waals surface area contributed by atoms with E-state index in [0.29, 0.717) is 22.6 Å². The first-order chi connectivity index (χ1) is 14.0. The zero-order valence-corrected chi connectivity index (χ0v) is 22.4. The van der Waals surface area contributed by atoms with Crippen molar-refractivity contribution in [2.75, 3.05) is 0 Å². The molecule has 0 fully saturated rings. The average molecular weight is 443 g/mol. The van der Waals surface area contributed by atoms with E-state index in [1.807, 2.05) is 0 Å². The van der Waals surface area contributed by atoms with Crippen molar-refractivity contribution < 1.29 is 4.74 Å². The highest BCUT2D eigenvalue weighted by Crippen LogP contribution is 2.56. The van der Waals surface area contributed by atoms with Gasteiger partial charge >= 0.3 is 0 Å². The normalized spacial score (nSPS) is 15.3. The van der Waals surface area contributed by atoms with E-state index in [9.17, 15) is 0 Å². The summed E-state index contributed by atoms with van der Waals surface area (Å²) < 4.78 is 6.63. The molecule has 1 nitrogen and oxygen atoms in total. The molecule has 3 rings (SSSR count). The molecular weight excluding hydrogens is 402 g/mol. The first-order valence-electron chi connectivity index (χ1n) is 11.5. The zero-order valence-electron chi connectivity index (χ0n) is 20.6. The Morgan fingerprint density at radius 3 is 1.23 bits per heavy atom. The van der Waals surface area contributed by atoms with Crippen molar-refractivity contribution in [1.29, 1.82) is 0 Å². The maximum atomic E-state index is 6.63. The van der Waals surface area contributed by atoms with Crippen LogP contribution in [0.4, 0.5) is 0 Å². The van der Waals surface area contributed by atoms with Gasteiger partial charge in [0.2, 0.25) is 0 Å². The van der Waals surface area contributed by atoms with Gasteiger partial charge in [0, 0.05) is 16.5 Å². The molecule has 0 aromatic heterocycles. The number of benzene rings is 2. The van der Waals surface area contributed by atoms with E-state index in [-0.39, 0.29) is 21.3 Å². The van der Waals surface area contributed by atoms with Crippen LogP contribution in [0.25, 0.3) is 0 Å². The molecule has 0 atom stereocenters. The standard InChI is InChI=1S/C27H40OP2/c1-17(2)29(18(3)4)23-15-11-13-21-25(23)27(9,10)26-22(28-21)14-12-16-24(26)30(19(5)6)20(7)8/h11-20H,1-10H3. The van der Waals surface area contributed by atoms with Gasteiger partial charge in [-0.25, -0.2) is 0 Å². The summed E-state index contributed by atoms with van der Waals surface area (Å²) in [5.41, 5.74) is 5.42. The maximum Gasteiger partial charge on any atom is 0.132 e. The Bertz CT molecular complexity index is 808. The molecule has 1 aliphatic rings. The Kier molecular flexibility index (Phi) is 7.06. The Balaban J connectivity index is 2.28. The maximum absolute atomic E-state index is 6.63. The van der Waals surface area contributed by atoms with E-state index >= 15 is 0 Å². The fraction of sp³-hybridized carbons (Fsp3) is 0.556. The highest BCUT2D eigenvalue weighted by molar-refractivity contribution is 7.67. The molecule has 1 aliphatic heterocycles. The van der Waals surface area contributed by atoms with Gasteiger partial charge in [-0.15, -0.1) is 0 Å². The quantitative estimate of drug-likeness (QED) is 0.412. The van der Waals surface area contributed by atoms with Crippen LogP contribution in [0.5, 0.6) is 11.5 Å². The van der Waals surface area contributed by atoms with Gasteiger partial charge in [0.25, 0.3) is 0 Å². The van der Waals surface area contributed by atoms with Gasteiger partial charge in [0.05, 0.1) is 0 Å². The van der Waals surface area contributed by atoms with Crippen LogP contribution in [0.2, 0.25) is 0 Å². The first kappa shape index (κ1) is 23.8. The largest absolute Gasteiger partial charge is 0.457 e. The van der Waals surface area contributed by atoms with Gasteiger partial charge in [-0.1, -0.05) is 109 Å². The molecule has 0 unspecified atom stereocenters. The van der Waals surface area contributed by atoms with Crippen LogP contribution < -0.4 is 15.3 Å². The summed E-state index contributed by atoms with van der Waals surface area (Å²) in [5, 5.41) is 3.08. The Hall–Kier alpha value is -0.900. The number of hydrogen-bond donors (Lipinski definition) is 0. The van der Waals surface area contributed by atoms with E-state index in [2.05, 4.69) is 106 Å². The van der Waals surface area contributed by atoms with E-state index in [1.54, 1.807) is 0 Å². The summed E-state index contributed by atoms with van der Waals surface area (Å²) in [6, 6.07) is 13.5. The smallest absolute Gasteiger partial charge is 0.132 e. The molecule has 0 radical (unpaired) electrons. The summed E-state index contributed by atoms with van der Waals surface area (Å²) in [5.74, 6) is 2.13. The third-order valence-corrected chi connectivity index (χ3v) is 12.6. The second-order valence-corrected chi connectivity index (χ2v) is 16.9. The molecule has 0 spiro atoms. The molecule has 30 heavy (non-hydrogen) atoms. The average Bonchev–Trinajstić information content (AvgIpc) is 2.60. The van der Waals surface area contributed by atoms with Crippen LogP contribution in [0, 0.1) is 0 Å². The number of hydrogen-bond acceptors (Lipinski definition) is 1. The molecule has 0 saturated carbocycles. The molecule has 0 amide bonds. The van der Waals surface area contributed by atoms with E-state index < -0.39 is 0 Å². The van der Waals surface area contributed by atoms with Gasteiger partial charge in [-0.05, 0) is 45.4 Å². The van der Waals surface area contributed by atoms with Crippen LogP contribution in [0.1, 0.15) is 80.4 Å². The highest BCUT2D eigenvalue weighted by Gasteiger charge is 2.41. The van der Waals surface area contributed by atoms with Gasteiger partial charge < -0.3 is 4.74 Å². The summed E-state index contributed by atoms with van der Waals surface area (Å²) in [6.45, 7) is 24.0. The Morgan fingerprint density at radius 2 is 0.933 bits per heavy atom. The number of fused-ring (bicyclic) bond motifs is 2. The summed E-state index contributed by atoms with van der Waals surface area (Å²) in [6.07, 6.45) is 0. The van der Waals surface area contributed by atoms with Gasteiger partial charge in [0.1, 0.15) is 11.5 Å². The van der Waals surface area contributed by atoms with E-state index in [4.69, 9.17) is 4.74 Å². The molecule has 0 aliphatic carbocycles. The minimum Gasteiger partial charge on any atom is -0.457 e. The predicted molar refractivity (Wildman–Crippen MR) is 139 cm³/mol. The summed E-state index contributed by atoms with van der Waals surface area (Å²) in [7, 11) is -0.521. The van der Waals surface area contributed by atoms with E-state index in [0.717, 1.165) is 11.5 Å². The summed E-state index contributed by atoms with van der Waals surface area (Å²) >= 11 is 0. The topological polar surface area (TPSA) is 9.23 Å². The molecule has 1 heterocycles. The SMILES string of the molecule is CC(C)P(c1cccc2c1C(C)(C)c1c(cccc1P(C(C)C)C(C)C)O2)C(C)C. The fourth-order valence-corrected chi connectivity index (χ4v) is 11.9. The summed E-state index contributed by atoms with van der Waals surface area (Å²) in [4.78, 5) is 0. The van der Waals surface area contributed by atoms with Gasteiger partial charge in [0.15, 0.2) is 0 Å². The van der Waals surface area contributed by atoms with Crippen LogP contribution in [-0.4, -0.2) is 22.6 Å². The number of rotatable bonds is 6. The number of ether oxygens (including phenoxy) is 1. The van der Waals surface area contributed by atoms with Crippen LogP contribution >= 0.6 is 15.8 Å². The molecule has 2 aromatic rings. The van der Waals surface area contributed by atoms with Crippen molar-refractivity contribution in [3.63, 3.8) is 0 Å². The van der Waals surface area contributed by atoms with Crippen molar-refractivity contribution in [3.8, 4) is 11.5 Å². The Morgan fingerprint density at radius 1 is 0.600 bits per heavy atom. The monoisotopic (exact) mass is 442 g/mol. The molecule has 3 heteroatoms. The van der Waals surface area contributed by atoms with Crippen molar-refractivity contribution in [3.05, 3.63) is 47.5 Å². The van der Waals surface area contributed by atoms with Crippen molar-refractivity contribution in [1.82, 2.24) is 0 Å². The van der Waals surface area contributed by atoms with Crippen LogP contribution in [-0.2, 0) is 5.41 Å². The third kappa shape index (κ3) is 4.10. The minimum atomic E-state index is -0.261. The predicted octanol–water partition coefficient (Wildman–Crippen LogP) is 7.97. The second-order valence-electron chi connectivity index (χ2n) is 10.2. The lowest BCUT2D eigenvalue weighted by atomic mass is 9.75. The van der Waals surface area contributed by atoms with Crippen molar-refractivity contribution in [2.45, 2.75) is 97.3 Å². The van der Waals surface area contributed by atoms with Crippen molar-refractivity contribution in [2.24, 2.45) is 0 Å². The molecule has 164 valence electrons. The third-order valence-electron chi connectivity index (χ3n) is 6.26. The molecule has 0 N–H and O–H groups in total. The zero-order chi connectivity index (χ0) is 22.4. The molecular formula is C27H40OP2. The van der Waals surface area contributed by atoms with Crippen LogP contribution in [0.3, 0.4) is 0 Å². The van der Waals surface area contributed by atoms with Gasteiger partial charge in [-0.3, -0.25) is 0 Å². The van der Waals surface area contributed by atoms with E-state index in [1.165, 1.54) is 21.7 Å². The lowest BCUT2D eigenvalue weighted by Crippen LogP contribution is -2.37. The second kappa shape index (κ2) is 8.92. The van der Waals surface area contributed by atoms with Crippen LogP contribution in [0.15, 0.2) is 36.4 Å². The lowest BCUT2D eigenvalue weighted by molar-refractivity contribution is 0.421. The minimum absolute atomic E-state index is 0.0647. The van der Waals surface area contributed by atoms with Crippen molar-refractivity contribution >= 4 is 26.5 Å². The fourth-order valence-electron chi connectivity index (χ4n) is 5.44. The Labute approximate surface area is 187 Å². The van der Waals surface area contributed by atoms with Gasteiger partial charge in [-0.2, -0.15) is 0 Å². The lowest BCUT2D eigenvalue weighted by Gasteiger charge is -2.42.